The molecule has 0 aliphatic carbocycles. The lowest BCUT2D eigenvalue weighted by molar-refractivity contribution is 0.141. The van der Waals surface area contributed by atoms with Crippen molar-refractivity contribution in [3.63, 3.8) is 0 Å². The molecule has 3 rings (SSSR count). The largest absolute Gasteiger partial charge is 0.493 e. The van der Waals surface area contributed by atoms with E-state index in [1.165, 1.54) is 16.6 Å². The molecule has 35 heavy (non-hydrogen) atoms. The average Bonchev–Trinajstić information content (AvgIpc) is 3.10. The van der Waals surface area contributed by atoms with Gasteiger partial charge in [0.1, 0.15) is 11.6 Å². The third kappa shape index (κ3) is 7.61. The fraction of sp³-hybridized carbons (Fsp3) is 0.542. The van der Waals surface area contributed by atoms with E-state index in [0.717, 1.165) is 32.3 Å². The highest BCUT2D eigenvalue weighted by atomic mass is 32.2. The second-order valence-electron chi connectivity index (χ2n) is 8.25. The molecule has 3 N–H and O–H groups in total. The van der Waals surface area contributed by atoms with E-state index in [4.69, 9.17) is 15.2 Å². The molecule has 1 unspecified atom stereocenters. The first-order valence-electron chi connectivity index (χ1n) is 11.8. The Kier molecular flexibility index (Phi) is 10.4. The van der Waals surface area contributed by atoms with Gasteiger partial charge in [0, 0.05) is 31.9 Å². The molecule has 3 aromatic rings. The van der Waals surface area contributed by atoms with Gasteiger partial charge in [-0.2, -0.15) is 0 Å². The topological polar surface area (TPSA) is 142 Å². The third-order valence-electron chi connectivity index (χ3n) is 5.07. The number of sulfone groups is 1. The molecule has 0 aliphatic rings. The highest BCUT2D eigenvalue weighted by Crippen LogP contribution is 2.30. The molecule has 11 heteroatoms. The van der Waals surface area contributed by atoms with Gasteiger partial charge in [-0.3, -0.25) is 4.79 Å². The fourth-order valence-corrected chi connectivity index (χ4v) is 4.01. The number of fused-ring (bicyclic) bond motifs is 1. The quantitative estimate of drug-likeness (QED) is 0.399. The van der Waals surface area contributed by atoms with E-state index in [1.807, 2.05) is 27.7 Å². The number of nitrogens with zero attached hydrogens (tertiary/aromatic N) is 3. The van der Waals surface area contributed by atoms with Crippen LogP contribution in [0.25, 0.3) is 16.9 Å². The van der Waals surface area contributed by atoms with Crippen LogP contribution in [0.1, 0.15) is 52.1 Å². The zero-order valence-corrected chi connectivity index (χ0v) is 22.2. The number of imidazole rings is 1. The van der Waals surface area contributed by atoms with E-state index in [2.05, 4.69) is 15.1 Å². The number of rotatable bonds is 10. The number of nitrogens with one attached hydrogen (secondary N) is 1. The molecule has 0 amide bonds. The number of hydrogen-bond acceptors (Lipinski definition) is 8. The van der Waals surface area contributed by atoms with Crippen LogP contribution in [0.3, 0.4) is 0 Å². The van der Waals surface area contributed by atoms with Crippen LogP contribution in [-0.2, 0) is 21.0 Å². The summed E-state index contributed by atoms with van der Waals surface area (Å²) in [5, 5.41) is 4.54. The Morgan fingerprint density at radius 1 is 1.20 bits per heavy atom. The summed E-state index contributed by atoms with van der Waals surface area (Å²) in [6.07, 6.45) is 3.63. The predicted octanol–water partition coefficient (Wildman–Crippen LogP) is 2.91. The van der Waals surface area contributed by atoms with E-state index < -0.39 is 9.84 Å². The normalized spacial score (nSPS) is 12.3. The number of nitrogens with two attached hydrogens (primary N) is 1. The average molecular weight is 508 g/mol. The summed E-state index contributed by atoms with van der Waals surface area (Å²) in [7, 11) is -3.42. The minimum atomic E-state index is -3.42. The van der Waals surface area contributed by atoms with Gasteiger partial charge in [0.2, 0.25) is 0 Å². The van der Waals surface area contributed by atoms with Crippen molar-refractivity contribution in [2.24, 2.45) is 5.73 Å². The number of aryl methyl sites for hydroxylation is 2. The summed E-state index contributed by atoms with van der Waals surface area (Å²) in [6, 6.07) is 4.80. The summed E-state index contributed by atoms with van der Waals surface area (Å²) in [4.78, 5) is 20.0. The maximum Gasteiger partial charge on any atom is 0.277 e. The maximum absolute atomic E-state index is 12.6. The second kappa shape index (κ2) is 12.8. The molecule has 2 aromatic heterocycles. The number of aromatic amines is 1. The number of aromatic nitrogens is 4. The molecule has 0 bridgehead atoms. The fourth-order valence-electron chi connectivity index (χ4n) is 3.36. The van der Waals surface area contributed by atoms with Gasteiger partial charge in [-0.05, 0) is 58.7 Å². The van der Waals surface area contributed by atoms with E-state index in [-0.39, 0.29) is 22.3 Å². The van der Waals surface area contributed by atoms with Crippen LogP contribution < -0.4 is 16.0 Å². The monoisotopic (exact) mass is 507 g/mol. The summed E-state index contributed by atoms with van der Waals surface area (Å²) in [6.45, 7) is 11.6. The van der Waals surface area contributed by atoms with Gasteiger partial charge < -0.3 is 20.2 Å². The molecule has 0 saturated heterocycles. The van der Waals surface area contributed by atoms with Crippen LogP contribution >= 0.6 is 0 Å². The van der Waals surface area contributed by atoms with Crippen molar-refractivity contribution < 1.29 is 17.9 Å². The van der Waals surface area contributed by atoms with Gasteiger partial charge >= 0.3 is 0 Å². The van der Waals surface area contributed by atoms with Crippen LogP contribution in [0.2, 0.25) is 0 Å². The zero-order valence-electron chi connectivity index (χ0n) is 21.4. The summed E-state index contributed by atoms with van der Waals surface area (Å²) < 4.78 is 36.1. The molecule has 1 aromatic carbocycles. The smallest absolute Gasteiger partial charge is 0.277 e. The van der Waals surface area contributed by atoms with Crippen LogP contribution in [0.15, 0.2) is 27.9 Å². The van der Waals surface area contributed by atoms with Crippen molar-refractivity contribution in [2.45, 2.75) is 64.8 Å². The lowest BCUT2D eigenvalue weighted by Crippen LogP contribution is -2.17. The first kappa shape index (κ1) is 28.5. The molecule has 194 valence electrons. The van der Waals surface area contributed by atoms with E-state index in [1.54, 1.807) is 13.0 Å². The lowest BCUT2D eigenvalue weighted by atomic mass is 10.2. The van der Waals surface area contributed by atoms with Crippen LogP contribution in [0, 0.1) is 6.92 Å². The van der Waals surface area contributed by atoms with Gasteiger partial charge in [0.15, 0.2) is 21.2 Å². The van der Waals surface area contributed by atoms with Crippen molar-refractivity contribution >= 4 is 15.4 Å². The van der Waals surface area contributed by atoms with Crippen LogP contribution in [-0.4, -0.2) is 60.1 Å². The minimum Gasteiger partial charge on any atom is -0.493 e. The standard InChI is InChI=1S/C18H22N4O4S.C6H15NO/c1-5-7-15-19-11(3)16-18(23)20-17(21-22(15)16)13-10-12(27(4,24)25)8-9-14(13)26-6-2;1-3-8-5-4-6(2)7/h8-10H,5-7H2,1-4H3,(H,20,21,23);6H,3-5,7H2,1-2H3. The minimum absolute atomic E-state index is 0.124. The van der Waals surface area contributed by atoms with Gasteiger partial charge in [0.25, 0.3) is 5.56 Å². The second-order valence-corrected chi connectivity index (χ2v) is 10.3. The van der Waals surface area contributed by atoms with Gasteiger partial charge in [0.05, 0.1) is 22.8 Å². The van der Waals surface area contributed by atoms with Crippen LogP contribution in [0.4, 0.5) is 0 Å². The summed E-state index contributed by atoms with van der Waals surface area (Å²) in [5.41, 5.74) is 6.52. The van der Waals surface area contributed by atoms with Crippen molar-refractivity contribution in [1.29, 1.82) is 0 Å². The number of hydrogen-bond donors (Lipinski definition) is 2. The molecule has 0 radical (unpaired) electrons. The van der Waals surface area contributed by atoms with Gasteiger partial charge in [-0.1, -0.05) is 6.92 Å². The molecule has 0 saturated carbocycles. The highest BCUT2D eigenvalue weighted by molar-refractivity contribution is 7.90. The van der Waals surface area contributed by atoms with Crippen molar-refractivity contribution in [2.75, 3.05) is 26.1 Å². The van der Waals surface area contributed by atoms with Crippen molar-refractivity contribution in [1.82, 2.24) is 19.6 Å². The van der Waals surface area contributed by atoms with E-state index in [9.17, 15) is 13.2 Å². The number of H-pyrrole nitrogens is 1. The van der Waals surface area contributed by atoms with Crippen LogP contribution in [0.5, 0.6) is 5.75 Å². The third-order valence-corrected chi connectivity index (χ3v) is 6.18. The van der Waals surface area contributed by atoms with E-state index in [0.29, 0.717) is 41.4 Å². The Morgan fingerprint density at radius 3 is 2.49 bits per heavy atom. The lowest BCUT2D eigenvalue weighted by Gasteiger charge is -2.11. The number of benzene rings is 1. The van der Waals surface area contributed by atoms with Crippen molar-refractivity contribution in [3.05, 3.63) is 40.1 Å². The Hall–Kier alpha value is -2.76. The SMILES string of the molecule is CCCc1nc(C)c2c(=O)[nH]c(-c3cc(S(C)(=O)=O)ccc3OCC)nn12.CCOCCC(C)N. The Balaban J connectivity index is 0.000000466. The van der Waals surface area contributed by atoms with E-state index >= 15 is 0 Å². The first-order valence-corrected chi connectivity index (χ1v) is 13.7. The molecule has 1 atom stereocenters. The summed E-state index contributed by atoms with van der Waals surface area (Å²) in [5.74, 6) is 1.37. The Morgan fingerprint density at radius 2 is 1.91 bits per heavy atom. The van der Waals surface area contributed by atoms with Crippen molar-refractivity contribution in [3.8, 4) is 17.1 Å². The molecule has 0 fully saturated rings. The zero-order chi connectivity index (χ0) is 26.2. The Labute approximate surface area is 206 Å². The molecule has 0 spiro atoms. The molecular weight excluding hydrogens is 470 g/mol. The van der Waals surface area contributed by atoms with Gasteiger partial charge in [-0.15, -0.1) is 5.10 Å². The maximum atomic E-state index is 12.6. The predicted molar refractivity (Wildman–Crippen MR) is 137 cm³/mol. The van der Waals surface area contributed by atoms with Gasteiger partial charge in [-0.25, -0.2) is 17.9 Å². The first-order chi connectivity index (χ1) is 16.5. The molecular formula is C24H37N5O5S. The highest BCUT2D eigenvalue weighted by Gasteiger charge is 2.18. The molecule has 10 nitrogen and oxygen atoms in total. The molecule has 0 aliphatic heterocycles. The summed E-state index contributed by atoms with van der Waals surface area (Å²) >= 11 is 0. The Bertz CT molecular complexity index is 1280. The number of ether oxygens (including phenoxy) is 2. The molecule has 2 heterocycles.